The number of aromatic nitrogens is 2. The van der Waals surface area contributed by atoms with Crippen LogP contribution in [0.4, 0.5) is 5.95 Å². The summed E-state index contributed by atoms with van der Waals surface area (Å²) < 4.78 is 10.5. The number of hydrogen-bond donors (Lipinski definition) is 1. The Morgan fingerprint density at radius 3 is 2.47 bits per heavy atom. The number of nitrogens with zero attached hydrogens (tertiary/aromatic N) is 2. The van der Waals surface area contributed by atoms with Gasteiger partial charge in [0.05, 0.1) is 13.3 Å². The van der Waals surface area contributed by atoms with Crippen molar-refractivity contribution in [1.29, 1.82) is 0 Å². The average Bonchev–Trinajstić information content (AvgIpc) is 2.35. The maximum atomic E-state index is 5.87. The summed E-state index contributed by atoms with van der Waals surface area (Å²) in [6.45, 7) is 0. The highest BCUT2D eigenvalue weighted by Gasteiger charge is 2.06. The third-order valence-electron chi connectivity index (χ3n) is 2.00. The normalized spacial score (nSPS) is 10.0. The van der Waals surface area contributed by atoms with Gasteiger partial charge in [0.2, 0.25) is 11.8 Å². The van der Waals surface area contributed by atoms with E-state index in [1.54, 1.807) is 31.4 Å². The van der Waals surface area contributed by atoms with Crippen molar-refractivity contribution in [3.05, 3.63) is 35.5 Å². The molecule has 1 aromatic carbocycles. The van der Waals surface area contributed by atoms with Crippen LogP contribution in [0.1, 0.15) is 0 Å². The number of ether oxygens (including phenoxy) is 2. The molecule has 88 valence electrons. The summed E-state index contributed by atoms with van der Waals surface area (Å²) in [5.74, 6) is 1.67. The van der Waals surface area contributed by atoms with Crippen LogP contribution in [-0.2, 0) is 0 Å². The highest BCUT2D eigenvalue weighted by Crippen LogP contribution is 2.27. The molecule has 0 aliphatic carbocycles. The molecule has 17 heavy (non-hydrogen) atoms. The van der Waals surface area contributed by atoms with E-state index >= 15 is 0 Å². The highest BCUT2D eigenvalue weighted by molar-refractivity contribution is 6.31. The molecule has 0 aliphatic heterocycles. The molecule has 2 aromatic rings. The lowest BCUT2D eigenvalue weighted by atomic mass is 10.3. The Labute approximate surface area is 103 Å². The lowest BCUT2D eigenvalue weighted by Gasteiger charge is -2.07. The molecule has 1 heterocycles. The Morgan fingerprint density at radius 1 is 1.18 bits per heavy atom. The molecule has 0 aliphatic rings. The molecule has 0 bridgehead atoms. The van der Waals surface area contributed by atoms with Crippen LogP contribution in [0, 0.1) is 0 Å². The van der Waals surface area contributed by atoms with Crippen molar-refractivity contribution in [3.8, 4) is 17.4 Å². The van der Waals surface area contributed by atoms with Crippen LogP contribution in [0.3, 0.4) is 0 Å². The lowest BCUT2D eigenvalue weighted by Crippen LogP contribution is -1.97. The van der Waals surface area contributed by atoms with Gasteiger partial charge in [0.25, 0.3) is 0 Å². The summed E-state index contributed by atoms with van der Waals surface area (Å²) in [4.78, 5) is 7.63. The molecular weight excluding hydrogens is 242 g/mol. The molecule has 0 fully saturated rings. The van der Waals surface area contributed by atoms with E-state index in [9.17, 15) is 0 Å². The van der Waals surface area contributed by atoms with Crippen molar-refractivity contribution >= 4 is 17.5 Å². The smallest absolute Gasteiger partial charge is 0.243 e. The fraction of sp³-hybridized carbons (Fsp3) is 0.0909. The van der Waals surface area contributed by atoms with Gasteiger partial charge in [0, 0.05) is 0 Å². The number of rotatable bonds is 3. The van der Waals surface area contributed by atoms with Crippen LogP contribution in [0.25, 0.3) is 0 Å². The van der Waals surface area contributed by atoms with Crippen LogP contribution in [-0.4, -0.2) is 17.1 Å². The minimum Gasteiger partial charge on any atom is -0.497 e. The van der Waals surface area contributed by atoms with E-state index in [0.29, 0.717) is 10.8 Å². The molecule has 0 unspecified atom stereocenters. The van der Waals surface area contributed by atoms with Crippen LogP contribution < -0.4 is 15.2 Å². The largest absolute Gasteiger partial charge is 0.497 e. The van der Waals surface area contributed by atoms with Crippen LogP contribution in [0.15, 0.2) is 30.5 Å². The number of methoxy groups -OCH3 is 1. The van der Waals surface area contributed by atoms with Crippen LogP contribution in [0.5, 0.6) is 17.4 Å². The van der Waals surface area contributed by atoms with E-state index in [1.807, 2.05) is 0 Å². The maximum Gasteiger partial charge on any atom is 0.243 e. The zero-order valence-electron chi connectivity index (χ0n) is 9.05. The number of hydrogen-bond acceptors (Lipinski definition) is 5. The van der Waals surface area contributed by atoms with Gasteiger partial charge in [-0.1, -0.05) is 11.6 Å². The minimum atomic E-state index is 0.109. The first-order chi connectivity index (χ1) is 8.19. The molecule has 0 saturated heterocycles. The zero-order valence-corrected chi connectivity index (χ0v) is 9.81. The molecule has 0 saturated carbocycles. The second kappa shape index (κ2) is 4.88. The van der Waals surface area contributed by atoms with E-state index < -0.39 is 0 Å². The molecule has 0 spiro atoms. The van der Waals surface area contributed by atoms with Gasteiger partial charge in [-0.05, 0) is 24.3 Å². The van der Waals surface area contributed by atoms with Crippen molar-refractivity contribution in [2.75, 3.05) is 12.8 Å². The summed E-state index contributed by atoms with van der Waals surface area (Å²) in [6, 6.07) is 7.03. The molecule has 0 amide bonds. The SMILES string of the molecule is COc1ccc(Oc2nc(N)ncc2Cl)cc1. The fourth-order valence-corrected chi connectivity index (χ4v) is 1.32. The van der Waals surface area contributed by atoms with Gasteiger partial charge in [-0.25, -0.2) is 4.98 Å². The van der Waals surface area contributed by atoms with E-state index in [2.05, 4.69) is 9.97 Å². The molecule has 0 atom stereocenters. The van der Waals surface area contributed by atoms with Gasteiger partial charge < -0.3 is 15.2 Å². The Bertz CT molecular complexity index is 517. The molecule has 1 aromatic heterocycles. The van der Waals surface area contributed by atoms with Crippen molar-refractivity contribution in [2.24, 2.45) is 0 Å². The van der Waals surface area contributed by atoms with Gasteiger partial charge >= 0.3 is 0 Å². The summed E-state index contributed by atoms with van der Waals surface area (Å²) in [6.07, 6.45) is 1.39. The molecule has 2 rings (SSSR count). The summed E-state index contributed by atoms with van der Waals surface area (Å²) in [5.41, 5.74) is 5.45. The Kier molecular flexibility index (Phi) is 3.30. The fourth-order valence-electron chi connectivity index (χ4n) is 1.19. The predicted molar refractivity (Wildman–Crippen MR) is 64.5 cm³/mol. The maximum absolute atomic E-state index is 5.87. The number of halogens is 1. The summed E-state index contributed by atoms with van der Waals surface area (Å²) in [7, 11) is 1.60. The van der Waals surface area contributed by atoms with Gasteiger partial charge in [-0.15, -0.1) is 0 Å². The van der Waals surface area contributed by atoms with Gasteiger partial charge in [-0.2, -0.15) is 4.98 Å². The number of nitrogen functional groups attached to an aromatic ring is 1. The standard InChI is InChI=1S/C11H10ClN3O2/c1-16-7-2-4-8(5-3-7)17-10-9(12)6-14-11(13)15-10/h2-6H,1H3,(H2,13,14,15). The Morgan fingerprint density at radius 2 is 1.82 bits per heavy atom. The predicted octanol–water partition coefficient (Wildman–Crippen LogP) is 2.51. The second-order valence-corrected chi connectivity index (χ2v) is 3.57. The Hall–Kier alpha value is -2.01. The topological polar surface area (TPSA) is 70.3 Å². The van der Waals surface area contributed by atoms with Gasteiger partial charge in [0.1, 0.15) is 16.5 Å². The number of anilines is 1. The van der Waals surface area contributed by atoms with Crippen molar-refractivity contribution in [1.82, 2.24) is 9.97 Å². The first-order valence-corrected chi connectivity index (χ1v) is 5.17. The molecule has 6 heteroatoms. The summed E-state index contributed by atoms with van der Waals surface area (Å²) >= 11 is 5.87. The molecule has 0 radical (unpaired) electrons. The highest BCUT2D eigenvalue weighted by atomic mass is 35.5. The third-order valence-corrected chi connectivity index (χ3v) is 2.26. The van der Waals surface area contributed by atoms with E-state index in [1.165, 1.54) is 6.20 Å². The zero-order chi connectivity index (χ0) is 12.3. The van der Waals surface area contributed by atoms with E-state index in [4.69, 9.17) is 26.8 Å². The Balaban J connectivity index is 2.22. The van der Waals surface area contributed by atoms with E-state index in [-0.39, 0.29) is 11.8 Å². The van der Waals surface area contributed by atoms with Crippen molar-refractivity contribution in [2.45, 2.75) is 0 Å². The first kappa shape index (κ1) is 11.5. The quantitative estimate of drug-likeness (QED) is 0.908. The van der Waals surface area contributed by atoms with Gasteiger partial charge in [0.15, 0.2) is 0 Å². The third kappa shape index (κ3) is 2.76. The molecular formula is C11H10ClN3O2. The van der Waals surface area contributed by atoms with E-state index in [0.717, 1.165) is 5.75 Å². The average molecular weight is 252 g/mol. The number of benzene rings is 1. The lowest BCUT2D eigenvalue weighted by molar-refractivity contribution is 0.412. The second-order valence-electron chi connectivity index (χ2n) is 3.16. The van der Waals surface area contributed by atoms with Crippen molar-refractivity contribution in [3.63, 3.8) is 0 Å². The monoisotopic (exact) mass is 251 g/mol. The first-order valence-electron chi connectivity index (χ1n) is 4.79. The van der Waals surface area contributed by atoms with Crippen LogP contribution in [0.2, 0.25) is 5.02 Å². The van der Waals surface area contributed by atoms with Gasteiger partial charge in [-0.3, -0.25) is 0 Å². The molecule has 2 N–H and O–H groups in total. The summed E-state index contributed by atoms with van der Waals surface area (Å²) in [5, 5.41) is 0.301. The van der Waals surface area contributed by atoms with Crippen LogP contribution >= 0.6 is 11.6 Å². The molecule has 5 nitrogen and oxygen atoms in total. The number of nitrogens with two attached hydrogens (primary N) is 1. The minimum absolute atomic E-state index is 0.109. The van der Waals surface area contributed by atoms with Crippen molar-refractivity contribution < 1.29 is 9.47 Å².